The first-order chi connectivity index (χ1) is 15.7. The van der Waals surface area contributed by atoms with E-state index in [1.54, 1.807) is 67.6 Å². The number of ether oxygens (including phenoxy) is 1. The van der Waals surface area contributed by atoms with Gasteiger partial charge in [-0.1, -0.05) is 55.5 Å². The van der Waals surface area contributed by atoms with Crippen molar-refractivity contribution < 1.29 is 34.1 Å². The summed E-state index contributed by atoms with van der Waals surface area (Å²) >= 11 is 0. The number of carbonyl (C=O) groups is 4. The summed E-state index contributed by atoms with van der Waals surface area (Å²) < 4.78 is 4.88. The fraction of sp³-hybridized carbons (Fsp3) is 0.333. The number of carbonyl (C=O) groups excluding carboxylic acids is 3. The number of aliphatic carboxylic acids is 1. The Hall–Kier alpha value is -3.72. The van der Waals surface area contributed by atoms with Crippen LogP contribution in [0.3, 0.4) is 0 Å². The molecule has 9 nitrogen and oxygen atoms in total. The lowest BCUT2D eigenvalue weighted by Gasteiger charge is -2.26. The topological polar surface area (TPSA) is 142 Å². The first kappa shape index (κ1) is 25.5. The van der Waals surface area contributed by atoms with Crippen molar-refractivity contribution in [1.29, 1.82) is 0 Å². The molecular weight excluding hydrogens is 428 g/mol. The highest BCUT2D eigenvalue weighted by atomic mass is 16.5. The van der Waals surface area contributed by atoms with Gasteiger partial charge in [-0.3, -0.25) is 14.4 Å². The maximum absolute atomic E-state index is 12.8. The van der Waals surface area contributed by atoms with Gasteiger partial charge in [-0.15, -0.1) is 0 Å². The number of nitrogens with one attached hydrogen (secondary N) is 2. The van der Waals surface area contributed by atoms with Crippen molar-refractivity contribution in [3.63, 3.8) is 0 Å². The Balaban J connectivity index is 2.19. The Morgan fingerprint density at radius 2 is 1.52 bits per heavy atom. The number of aliphatic hydroxyl groups is 1. The van der Waals surface area contributed by atoms with E-state index in [4.69, 9.17) is 4.74 Å². The van der Waals surface area contributed by atoms with Crippen LogP contribution < -0.4 is 10.6 Å². The maximum Gasteiger partial charge on any atom is 0.326 e. The standard InChI is InChI=1S/C24H28N2O7/c1-3-33-24(32)15(2)14-18(23(30)31)25-22(29)20(27)19(16-10-6-4-7-11-16)26-21(28)17-12-8-5-9-13-17/h4-13,15,18-20,27H,3,14H2,1-2H3,(H,25,29)(H,26,28)(H,30,31)/t15-,18-,19+,20-/m1/s1. The van der Waals surface area contributed by atoms with Crippen LogP contribution in [0.15, 0.2) is 60.7 Å². The van der Waals surface area contributed by atoms with Crippen molar-refractivity contribution in [2.75, 3.05) is 6.61 Å². The van der Waals surface area contributed by atoms with Gasteiger partial charge >= 0.3 is 11.9 Å². The molecule has 0 spiro atoms. The summed E-state index contributed by atoms with van der Waals surface area (Å²) in [6.45, 7) is 3.26. The average Bonchev–Trinajstić information content (AvgIpc) is 2.82. The highest BCUT2D eigenvalue weighted by molar-refractivity contribution is 5.95. The normalized spacial score (nSPS) is 14.3. The zero-order chi connectivity index (χ0) is 24.4. The van der Waals surface area contributed by atoms with Gasteiger partial charge in [-0.05, 0) is 31.0 Å². The number of esters is 1. The van der Waals surface area contributed by atoms with Crippen LogP contribution in [-0.4, -0.2) is 52.7 Å². The Bertz CT molecular complexity index is 950. The second-order valence-corrected chi connectivity index (χ2v) is 7.46. The molecular formula is C24H28N2O7. The van der Waals surface area contributed by atoms with Crippen LogP contribution in [0.1, 0.15) is 42.2 Å². The number of aliphatic hydroxyl groups excluding tert-OH is 1. The van der Waals surface area contributed by atoms with E-state index in [9.17, 15) is 29.4 Å². The molecule has 0 unspecified atom stereocenters. The predicted octanol–water partition coefficient (Wildman–Crippen LogP) is 1.68. The third kappa shape index (κ3) is 7.43. The lowest BCUT2D eigenvalue weighted by Crippen LogP contribution is -2.50. The molecule has 2 amide bonds. The van der Waals surface area contributed by atoms with Gasteiger partial charge in [-0.2, -0.15) is 0 Å². The van der Waals surface area contributed by atoms with Crippen molar-refractivity contribution in [3.8, 4) is 0 Å². The maximum atomic E-state index is 12.8. The Kier molecular flexibility index (Phi) is 9.56. The van der Waals surface area contributed by atoms with E-state index in [0.717, 1.165) is 0 Å². The van der Waals surface area contributed by atoms with Crippen LogP contribution in [0.4, 0.5) is 0 Å². The second kappa shape index (κ2) is 12.4. The summed E-state index contributed by atoms with van der Waals surface area (Å²) in [5.74, 6) is -4.25. The number of hydrogen-bond donors (Lipinski definition) is 4. The van der Waals surface area contributed by atoms with E-state index in [1.165, 1.54) is 6.92 Å². The monoisotopic (exact) mass is 456 g/mol. The van der Waals surface area contributed by atoms with Crippen molar-refractivity contribution in [2.24, 2.45) is 5.92 Å². The number of benzene rings is 2. The van der Waals surface area contributed by atoms with E-state index >= 15 is 0 Å². The summed E-state index contributed by atoms with van der Waals surface area (Å²) in [4.78, 5) is 48.9. The molecule has 0 fully saturated rings. The van der Waals surface area contributed by atoms with E-state index in [1.807, 2.05) is 0 Å². The fourth-order valence-electron chi connectivity index (χ4n) is 3.18. The highest BCUT2D eigenvalue weighted by Crippen LogP contribution is 2.19. The number of carboxylic acid groups (broad SMARTS) is 1. The van der Waals surface area contributed by atoms with Crippen LogP contribution >= 0.6 is 0 Å². The molecule has 0 aliphatic carbocycles. The lowest BCUT2D eigenvalue weighted by molar-refractivity contribution is -0.150. The van der Waals surface area contributed by atoms with Gasteiger partial charge in [-0.25, -0.2) is 4.79 Å². The van der Waals surface area contributed by atoms with Crippen molar-refractivity contribution in [2.45, 2.75) is 38.5 Å². The van der Waals surface area contributed by atoms with Crippen LogP contribution in [0, 0.1) is 5.92 Å². The molecule has 0 saturated carbocycles. The zero-order valence-corrected chi connectivity index (χ0v) is 18.4. The molecule has 0 aliphatic rings. The molecule has 4 atom stereocenters. The summed E-state index contributed by atoms with van der Waals surface area (Å²) in [6.07, 6.45) is -2.02. The van der Waals surface area contributed by atoms with Crippen LogP contribution in [-0.2, 0) is 19.1 Å². The van der Waals surface area contributed by atoms with E-state index in [2.05, 4.69) is 10.6 Å². The van der Waals surface area contributed by atoms with E-state index < -0.39 is 47.9 Å². The van der Waals surface area contributed by atoms with Crippen molar-refractivity contribution in [3.05, 3.63) is 71.8 Å². The minimum absolute atomic E-state index is 0.145. The number of rotatable bonds is 11. The Morgan fingerprint density at radius 1 is 0.939 bits per heavy atom. The summed E-state index contributed by atoms with van der Waals surface area (Å²) in [5, 5.41) is 25.2. The van der Waals surface area contributed by atoms with E-state index in [0.29, 0.717) is 11.1 Å². The van der Waals surface area contributed by atoms with Gasteiger partial charge in [0.15, 0.2) is 6.10 Å². The molecule has 0 aliphatic heterocycles. The fourth-order valence-corrected chi connectivity index (χ4v) is 3.18. The second-order valence-electron chi connectivity index (χ2n) is 7.46. The van der Waals surface area contributed by atoms with Crippen molar-refractivity contribution in [1.82, 2.24) is 10.6 Å². The molecule has 0 bridgehead atoms. The van der Waals surface area contributed by atoms with Crippen LogP contribution in [0.25, 0.3) is 0 Å². The lowest BCUT2D eigenvalue weighted by atomic mass is 9.98. The minimum Gasteiger partial charge on any atom is -0.480 e. The van der Waals surface area contributed by atoms with Gasteiger partial charge in [0.25, 0.3) is 11.8 Å². The van der Waals surface area contributed by atoms with Crippen LogP contribution in [0.5, 0.6) is 0 Å². The molecule has 2 rings (SSSR count). The molecule has 0 aromatic heterocycles. The summed E-state index contributed by atoms with van der Waals surface area (Å²) in [5.41, 5.74) is 0.786. The SMILES string of the molecule is CCOC(=O)[C@H](C)C[C@@H](NC(=O)[C@H](O)[C@@H](NC(=O)c1ccccc1)c1ccccc1)C(=O)O. The molecule has 176 valence electrons. The summed E-state index contributed by atoms with van der Waals surface area (Å²) in [6, 6.07) is 14.1. The number of amides is 2. The highest BCUT2D eigenvalue weighted by Gasteiger charge is 2.33. The van der Waals surface area contributed by atoms with E-state index in [-0.39, 0.29) is 13.0 Å². The Labute approximate surface area is 191 Å². The van der Waals surface area contributed by atoms with Crippen molar-refractivity contribution >= 4 is 23.8 Å². The zero-order valence-electron chi connectivity index (χ0n) is 18.4. The van der Waals surface area contributed by atoms with Crippen LogP contribution in [0.2, 0.25) is 0 Å². The first-order valence-corrected chi connectivity index (χ1v) is 10.5. The molecule has 9 heteroatoms. The van der Waals surface area contributed by atoms with Gasteiger partial charge in [0, 0.05) is 5.56 Å². The van der Waals surface area contributed by atoms with Gasteiger partial charge < -0.3 is 25.6 Å². The number of carboxylic acids is 1. The molecule has 0 saturated heterocycles. The average molecular weight is 456 g/mol. The molecule has 33 heavy (non-hydrogen) atoms. The Morgan fingerprint density at radius 3 is 2.06 bits per heavy atom. The molecule has 0 radical (unpaired) electrons. The van der Waals surface area contributed by atoms with Gasteiger partial charge in [0.2, 0.25) is 0 Å². The molecule has 0 heterocycles. The number of hydrogen-bond acceptors (Lipinski definition) is 6. The predicted molar refractivity (Wildman–Crippen MR) is 119 cm³/mol. The van der Waals surface area contributed by atoms with Gasteiger partial charge in [0.1, 0.15) is 6.04 Å². The molecule has 4 N–H and O–H groups in total. The molecule has 2 aromatic rings. The summed E-state index contributed by atoms with van der Waals surface area (Å²) in [7, 11) is 0. The smallest absolute Gasteiger partial charge is 0.326 e. The quantitative estimate of drug-likeness (QED) is 0.377. The first-order valence-electron chi connectivity index (χ1n) is 10.5. The molecule has 2 aromatic carbocycles. The van der Waals surface area contributed by atoms with Gasteiger partial charge in [0.05, 0.1) is 18.6 Å². The third-order valence-electron chi connectivity index (χ3n) is 4.96. The minimum atomic E-state index is -1.79. The third-order valence-corrected chi connectivity index (χ3v) is 4.96. The largest absolute Gasteiger partial charge is 0.480 e.